The normalized spacial score (nSPS) is 10.4. The van der Waals surface area contributed by atoms with Crippen LogP contribution in [0.2, 0.25) is 0 Å². The van der Waals surface area contributed by atoms with Gasteiger partial charge in [-0.25, -0.2) is 20.8 Å². The van der Waals surface area contributed by atoms with Gasteiger partial charge in [-0.05, 0) is 0 Å². The van der Waals surface area contributed by atoms with Crippen LogP contribution < -0.4 is 16.6 Å². The average molecular weight is 263 g/mol. The SMILES string of the molecule is COCc1nc(NN)cc(NCCn2ccnc2)n1. The number of aromatic nitrogens is 4. The largest absolute Gasteiger partial charge is 0.377 e. The van der Waals surface area contributed by atoms with Gasteiger partial charge in [0.2, 0.25) is 0 Å². The molecule has 2 aromatic heterocycles. The maximum atomic E-state index is 5.37. The molecule has 19 heavy (non-hydrogen) atoms. The van der Waals surface area contributed by atoms with Crippen molar-refractivity contribution in [2.75, 3.05) is 24.4 Å². The molecule has 0 radical (unpaired) electrons. The molecule has 8 nitrogen and oxygen atoms in total. The lowest BCUT2D eigenvalue weighted by Gasteiger charge is -2.09. The van der Waals surface area contributed by atoms with E-state index in [1.54, 1.807) is 25.7 Å². The highest BCUT2D eigenvalue weighted by atomic mass is 16.5. The summed E-state index contributed by atoms with van der Waals surface area (Å²) in [4.78, 5) is 12.5. The van der Waals surface area contributed by atoms with Crippen LogP contribution in [-0.4, -0.2) is 33.2 Å². The molecule has 0 aliphatic rings. The van der Waals surface area contributed by atoms with E-state index < -0.39 is 0 Å². The number of methoxy groups -OCH3 is 1. The third kappa shape index (κ3) is 3.90. The molecular weight excluding hydrogens is 246 g/mol. The molecular formula is C11H17N7O. The Balaban J connectivity index is 1.96. The number of imidazole rings is 1. The third-order valence-corrected chi connectivity index (χ3v) is 2.43. The molecule has 0 spiro atoms. The van der Waals surface area contributed by atoms with Crippen LogP contribution in [0.25, 0.3) is 0 Å². The monoisotopic (exact) mass is 263 g/mol. The molecule has 0 aliphatic carbocycles. The fraction of sp³-hybridized carbons (Fsp3) is 0.364. The minimum Gasteiger partial charge on any atom is -0.377 e. The molecule has 0 bridgehead atoms. The summed E-state index contributed by atoms with van der Waals surface area (Å²) in [6, 6.07) is 1.74. The van der Waals surface area contributed by atoms with E-state index in [9.17, 15) is 0 Å². The Morgan fingerprint density at radius 3 is 2.89 bits per heavy atom. The van der Waals surface area contributed by atoms with Crippen LogP contribution in [-0.2, 0) is 17.9 Å². The predicted octanol–water partition coefficient (Wildman–Crippen LogP) is 0.217. The van der Waals surface area contributed by atoms with Crippen LogP contribution >= 0.6 is 0 Å². The zero-order chi connectivity index (χ0) is 13.5. The molecule has 0 atom stereocenters. The average Bonchev–Trinajstić information content (AvgIpc) is 2.92. The van der Waals surface area contributed by atoms with E-state index >= 15 is 0 Å². The van der Waals surface area contributed by atoms with Gasteiger partial charge >= 0.3 is 0 Å². The third-order valence-electron chi connectivity index (χ3n) is 2.43. The second-order valence-corrected chi connectivity index (χ2v) is 3.86. The van der Waals surface area contributed by atoms with E-state index in [0.29, 0.717) is 24.1 Å². The maximum Gasteiger partial charge on any atom is 0.158 e. The fourth-order valence-electron chi connectivity index (χ4n) is 1.59. The van der Waals surface area contributed by atoms with Gasteiger partial charge in [0, 0.05) is 38.7 Å². The number of hydrogen-bond donors (Lipinski definition) is 3. The smallest absolute Gasteiger partial charge is 0.158 e. The lowest BCUT2D eigenvalue weighted by atomic mass is 10.4. The summed E-state index contributed by atoms with van der Waals surface area (Å²) in [5.74, 6) is 7.19. The van der Waals surface area contributed by atoms with Crippen LogP contribution in [0.3, 0.4) is 0 Å². The minimum atomic E-state index is 0.339. The summed E-state index contributed by atoms with van der Waals surface area (Å²) in [5, 5.41) is 3.21. The highest BCUT2D eigenvalue weighted by Crippen LogP contribution is 2.10. The number of hydrazine groups is 1. The Labute approximate surface area is 111 Å². The minimum absolute atomic E-state index is 0.339. The molecule has 0 aromatic carbocycles. The van der Waals surface area contributed by atoms with E-state index in [4.69, 9.17) is 10.6 Å². The molecule has 4 N–H and O–H groups in total. The van der Waals surface area contributed by atoms with Gasteiger partial charge in [-0.2, -0.15) is 0 Å². The van der Waals surface area contributed by atoms with Crippen LogP contribution in [0.5, 0.6) is 0 Å². The quantitative estimate of drug-likeness (QED) is 0.485. The maximum absolute atomic E-state index is 5.37. The van der Waals surface area contributed by atoms with E-state index in [1.165, 1.54) is 0 Å². The number of nitrogens with zero attached hydrogens (tertiary/aromatic N) is 4. The molecule has 8 heteroatoms. The number of rotatable bonds is 7. The zero-order valence-corrected chi connectivity index (χ0v) is 10.7. The van der Waals surface area contributed by atoms with Gasteiger partial charge in [0.15, 0.2) is 5.82 Å². The van der Waals surface area contributed by atoms with Crippen molar-refractivity contribution >= 4 is 11.6 Å². The molecule has 0 saturated heterocycles. The summed E-state index contributed by atoms with van der Waals surface area (Å²) in [6.07, 6.45) is 5.42. The van der Waals surface area contributed by atoms with Gasteiger partial charge in [0.1, 0.15) is 18.2 Å². The Morgan fingerprint density at radius 1 is 1.37 bits per heavy atom. The van der Waals surface area contributed by atoms with Crippen molar-refractivity contribution in [3.05, 3.63) is 30.6 Å². The number of nitrogens with two attached hydrogens (primary N) is 1. The first-order valence-corrected chi connectivity index (χ1v) is 5.85. The Hall–Kier alpha value is -2.19. The van der Waals surface area contributed by atoms with Crippen LogP contribution in [0.4, 0.5) is 11.6 Å². The number of nitrogens with one attached hydrogen (secondary N) is 2. The summed E-state index contributed by atoms with van der Waals surface area (Å²) < 4.78 is 6.99. The molecule has 2 rings (SSSR count). The van der Waals surface area contributed by atoms with Crippen LogP contribution in [0.15, 0.2) is 24.8 Å². The summed E-state index contributed by atoms with van der Waals surface area (Å²) in [7, 11) is 1.60. The lowest BCUT2D eigenvalue weighted by molar-refractivity contribution is 0.178. The first kappa shape index (κ1) is 13.2. The zero-order valence-electron chi connectivity index (χ0n) is 10.7. The summed E-state index contributed by atoms with van der Waals surface area (Å²) >= 11 is 0. The van der Waals surface area contributed by atoms with Crippen molar-refractivity contribution in [1.29, 1.82) is 0 Å². The molecule has 0 fully saturated rings. The predicted molar refractivity (Wildman–Crippen MR) is 71.3 cm³/mol. The number of anilines is 2. The molecule has 2 heterocycles. The van der Waals surface area contributed by atoms with Crippen LogP contribution in [0.1, 0.15) is 5.82 Å². The fourth-order valence-corrected chi connectivity index (χ4v) is 1.59. The van der Waals surface area contributed by atoms with Gasteiger partial charge < -0.3 is 20.0 Å². The number of nitrogen functional groups attached to an aromatic ring is 1. The molecule has 2 aromatic rings. The highest BCUT2D eigenvalue weighted by Gasteiger charge is 2.03. The van der Waals surface area contributed by atoms with Gasteiger partial charge in [0.05, 0.1) is 6.33 Å². The van der Waals surface area contributed by atoms with E-state index in [0.717, 1.165) is 13.1 Å². The van der Waals surface area contributed by atoms with Crippen molar-refractivity contribution in [2.24, 2.45) is 5.84 Å². The van der Waals surface area contributed by atoms with Gasteiger partial charge in [-0.15, -0.1) is 0 Å². The van der Waals surface area contributed by atoms with Crippen molar-refractivity contribution < 1.29 is 4.74 Å². The Kier molecular flexibility index (Phi) is 4.65. The summed E-state index contributed by atoms with van der Waals surface area (Å²) in [6.45, 7) is 1.87. The van der Waals surface area contributed by atoms with Gasteiger partial charge in [-0.3, -0.25) is 0 Å². The van der Waals surface area contributed by atoms with Crippen molar-refractivity contribution in [3.8, 4) is 0 Å². The molecule has 0 unspecified atom stereocenters. The topological polar surface area (TPSA) is 103 Å². The Bertz CT molecular complexity index is 500. The Morgan fingerprint density at radius 2 is 2.21 bits per heavy atom. The molecule has 0 amide bonds. The van der Waals surface area contributed by atoms with Gasteiger partial charge in [-0.1, -0.05) is 0 Å². The standard InChI is InChI=1S/C11H17N7O/c1-19-7-11-15-9(6-10(16-11)17-12)14-3-5-18-4-2-13-8-18/h2,4,6,8H,3,5,7,12H2,1H3,(H2,14,15,16,17). The van der Waals surface area contributed by atoms with E-state index in [2.05, 4.69) is 25.7 Å². The highest BCUT2D eigenvalue weighted by molar-refractivity contribution is 5.46. The van der Waals surface area contributed by atoms with E-state index in [1.807, 2.05) is 10.8 Å². The number of hydrogen-bond acceptors (Lipinski definition) is 7. The van der Waals surface area contributed by atoms with Crippen molar-refractivity contribution in [2.45, 2.75) is 13.2 Å². The van der Waals surface area contributed by atoms with Crippen molar-refractivity contribution in [1.82, 2.24) is 19.5 Å². The second-order valence-electron chi connectivity index (χ2n) is 3.86. The molecule has 0 aliphatic heterocycles. The first-order chi connectivity index (χ1) is 9.31. The van der Waals surface area contributed by atoms with Crippen molar-refractivity contribution in [3.63, 3.8) is 0 Å². The lowest BCUT2D eigenvalue weighted by Crippen LogP contribution is -2.14. The van der Waals surface area contributed by atoms with E-state index in [-0.39, 0.29) is 0 Å². The molecule has 0 saturated carbocycles. The second kappa shape index (κ2) is 6.66. The van der Waals surface area contributed by atoms with Crippen LogP contribution in [0, 0.1) is 0 Å². The number of ether oxygens (including phenoxy) is 1. The first-order valence-electron chi connectivity index (χ1n) is 5.85. The van der Waals surface area contributed by atoms with Gasteiger partial charge in [0.25, 0.3) is 0 Å². The molecule has 102 valence electrons. The summed E-state index contributed by atoms with van der Waals surface area (Å²) in [5.41, 5.74) is 2.51.